The molecule has 0 saturated carbocycles. The molecule has 0 bridgehead atoms. The molecule has 22 heavy (non-hydrogen) atoms. The number of carbonyl (C=O) groups is 3. The Morgan fingerprint density at radius 3 is 2.23 bits per heavy atom. The fourth-order valence-corrected chi connectivity index (χ4v) is 2.42. The van der Waals surface area contributed by atoms with Gasteiger partial charge in [0.15, 0.2) is 6.29 Å². The zero-order chi connectivity index (χ0) is 16.9. The summed E-state index contributed by atoms with van der Waals surface area (Å²) in [6, 6.07) is -0.644. The molecule has 0 radical (unpaired) electrons. The summed E-state index contributed by atoms with van der Waals surface area (Å²) in [6.07, 6.45) is -1.98. The van der Waals surface area contributed by atoms with Crippen LogP contribution < -0.4 is 5.32 Å². The quantitative estimate of drug-likeness (QED) is 0.712. The molecule has 1 fully saturated rings. The standard InChI is InChI=1S/C14H23NO7/c1-7-11(6-20-9(3)17)22-14(19-5)12(15-8(2)16)13(7)21-10(4)18/h7,11-14H,6H2,1-5H3,(H,15,16)/t7-,11?,12?,13-,14+/m0/s1. The van der Waals surface area contributed by atoms with Gasteiger partial charge in [-0.1, -0.05) is 6.92 Å². The zero-order valence-corrected chi connectivity index (χ0v) is 13.5. The molecule has 0 aromatic carbocycles. The summed E-state index contributed by atoms with van der Waals surface area (Å²) < 4.78 is 21.3. The summed E-state index contributed by atoms with van der Waals surface area (Å²) in [5, 5.41) is 2.68. The Kier molecular flexibility index (Phi) is 6.76. The van der Waals surface area contributed by atoms with Crippen LogP contribution in [0.2, 0.25) is 0 Å². The van der Waals surface area contributed by atoms with Gasteiger partial charge in [0.05, 0.1) is 0 Å². The van der Waals surface area contributed by atoms with Gasteiger partial charge in [0.25, 0.3) is 0 Å². The minimum atomic E-state index is -0.815. The van der Waals surface area contributed by atoms with Crippen molar-refractivity contribution < 1.29 is 33.3 Å². The highest BCUT2D eigenvalue weighted by Crippen LogP contribution is 2.29. The summed E-state index contributed by atoms with van der Waals surface area (Å²) in [6.45, 7) is 5.75. The predicted octanol–water partition coefficient (Wildman–Crippen LogP) is -0.00670. The van der Waals surface area contributed by atoms with E-state index in [2.05, 4.69) is 5.32 Å². The molecule has 8 heteroatoms. The van der Waals surface area contributed by atoms with Crippen LogP contribution in [0.25, 0.3) is 0 Å². The molecule has 2 unspecified atom stereocenters. The van der Waals surface area contributed by atoms with E-state index in [1.54, 1.807) is 6.92 Å². The molecule has 5 atom stereocenters. The van der Waals surface area contributed by atoms with E-state index in [9.17, 15) is 14.4 Å². The molecular formula is C14H23NO7. The number of esters is 2. The average Bonchev–Trinajstić information content (AvgIpc) is 2.41. The maximum Gasteiger partial charge on any atom is 0.302 e. The Hall–Kier alpha value is -1.67. The van der Waals surface area contributed by atoms with Crippen molar-refractivity contribution in [3.63, 3.8) is 0 Å². The fourth-order valence-electron chi connectivity index (χ4n) is 2.42. The van der Waals surface area contributed by atoms with Crippen molar-refractivity contribution in [2.24, 2.45) is 5.92 Å². The van der Waals surface area contributed by atoms with Crippen LogP contribution >= 0.6 is 0 Å². The van der Waals surface area contributed by atoms with E-state index in [4.69, 9.17) is 18.9 Å². The topological polar surface area (TPSA) is 100 Å². The van der Waals surface area contributed by atoms with Crippen LogP contribution in [-0.4, -0.2) is 56.1 Å². The summed E-state index contributed by atoms with van der Waals surface area (Å²) in [5.74, 6) is -1.50. The lowest BCUT2D eigenvalue weighted by Crippen LogP contribution is -2.62. The number of rotatable bonds is 5. The zero-order valence-electron chi connectivity index (χ0n) is 13.5. The number of ether oxygens (including phenoxy) is 4. The lowest BCUT2D eigenvalue weighted by Gasteiger charge is -2.44. The van der Waals surface area contributed by atoms with Crippen LogP contribution in [0.15, 0.2) is 0 Å². The van der Waals surface area contributed by atoms with Gasteiger partial charge in [0.2, 0.25) is 5.91 Å². The van der Waals surface area contributed by atoms with E-state index in [-0.39, 0.29) is 18.4 Å². The van der Waals surface area contributed by atoms with Crippen molar-refractivity contribution in [2.45, 2.75) is 52.2 Å². The van der Waals surface area contributed by atoms with E-state index >= 15 is 0 Å². The molecule has 1 saturated heterocycles. The Morgan fingerprint density at radius 1 is 1.14 bits per heavy atom. The number of nitrogens with one attached hydrogen (secondary N) is 1. The lowest BCUT2D eigenvalue weighted by molar-refractivity contribution is -0.252. The van der Waals surface area contributed by atoms with Crippen molar-refractivity contribution in [1.29, 1.82) is 0 Å². The van der Waals surface area contributed by atoms with E-state index in [0.29, 0.717) is 0 Å². The Balaban J connectivity index is 2.95. The highest BCUT2D eigenvalue weighted by Gasteiger charge is 2.46. The molecular weight excluding hydrogens is 294 g/mol. The number of hydrogen-bond donors (Lipinski definition) is 1. The highest BCUT2D eigenvalue weighted by molar-refractivity contribution is 5.73. The number of carbonyl (C=O) groups excluding carboxylic acids is 3. The third-order valence-corrected chi connectivity index (χ3v) is 3.42. The maximum atomic E-state index is 11.4. The first kappa shape index (κ1) is 18.4. The number of methoxy groups -OCH3 is 1. The van der Waals surface area contributed by atoms with E-state index in [1.165, 1.54) is 27.9 Å². The minimum absolute atomic E-state index is 0.0148. The van der Waals surface area contributed by atoms with E-state index in [0.717, 1.165) is 0 Å². The maximum absolute atomic E-state index is 11.4. The summed E-state index contributed by atoms with van der Waals surface area (Å²) >= 11 is 0. The van der Waals surface area contributed by atoms with Gasteiger partial charge in [0, 0.05) is 33.8 Å². The highest BCUT2D eigenvalue weighted by atomic mass is 16.7. The van der Waals surface area contributed by atoms with Crippen LogP contribution in [0.4, 0.5) is 0 Å². The molecule has 126 valence electrons. The number of hydrogen-bond acceptors (Lipinski definition) is 7. The van der Waals surface area contributed by atoms with Crippen LogP contribution in [0.3, 0.4) is 0 Å². The lowest BCUT2D eigenvalue weighted by atomic mass is 9.89. The van der Waals surface area contributed by atoms with Crippen molar-refractivity contribution in [3.8, 4) is 0 Å². The second-order valence-corrected chi connectivity index (χ2v) is 5.24. The molecule has 1 aliphatic heterocycles. The van der Waals surface area contributed by atoms with Gasteiger partial charge in [-0.25, -0.2) is 0 Å². The number of amides is 1. The first-order valence-electron chi connectivity index (χ1n) is 7.02. The minimum Gasteiger partial charge on any atom is -0.463 e. The van der Waals surface area contributed by atoms with Crippen molar-refractivity contribution in [3.05, 3.63) is 0 Å². The van der Waals surface area contributed by atoms with Gasteiger partial charge < -0.3 is 24.3 Å². The Bertz CT molecular complexity index is 425. The van der Waals surface area contributed by atoms with Crippen molar-refractivity contribution in [1.82, 2.24) is 5.32 Å². The monoisotopic (exact) mass is 317 g/mol. The molecule has 0 aromatic rings. The van der Waals surface area contributed by atoms with E-state index < -0.39 is 36.5 Å². The van der Waals surface area contributed by atoms with Crippen LogP contribution in [0.5, 0.6) is 0 Å². The van der Waals surface area contributed by atoms with Crippen molar-refractivity contribution >= 4 is 17.8 Å². The van der Waals surface area contributed by atoms with Gasteiger partial charge in [-0.05, 0) is 0 Å². The van der Waals surface area contributed by atoms with E-state index in [1.807, 2.05) is 0 Å². The normalized spacial score (nSPS) is 31.2. The molecule has 1 amide bonds. The largest absolute Gasteiger partial charge is 0.463 e. The fraction of sp³-hybridized carbons (Fsp3) is 0.786. The molecule has 1 rings (SSSR count). The summed E-state index contributed by atoms with van der Waals surface area (Å²) in [4.78, 5) is 33.7. The van der Waals surface area contributed by atoms with Gasteiger partial charge in [-0.2, -0.15) is 0 Å². The molecule has 0 aliphatic carbocycles. The first-order chi connectivity index (χ1) is 10.3. The first-order valence-corrected chi connectivity index (χ1v) is 7.02. The molecule has 1 heterocycles. The Labute approximate surface area is 129 Å². The van der Waals surface area contributed by atoms with Gasteiger partial charge >= 0.3 is 11.9 Å². The summed E-state index contributed by atoms with van der Waals surface area (Å²) in [7, 11) is 1.42. The Morgan fingerprint density at radius 2 is 1.77 bits per heavy atom. The molecule has 0 aromatic heterocycles. The van der Waals surface area contributed by atoms with Crippen LogP contribution in [-0.2, 0) is 33.3 Å². The van der Waals surface area contributed by atoms with Crippen LogP contribution in [0, 0.1) is 5.92 Å². The second-order valence-electron chi connectivity index (χ2n) is 5.24. The van der Waals surface area contributed by atoms with Gasteiger partial charge in [0.1, 0.15) is 24.9 Å². The predicted molar refractivity (Wildman–Crippen MR) is 74.6 cm³/mol. The van der Waals surface area contributed by atoms with Gasteiger partial charge in [-0.15, -0.1) is 0 Å². The third kappa shape index (κ3) is 4.96. The molecule has 0 spiro atoms. The smallest absolute Gasteiger partial charge is 0.302 e. The second kappa shape index (κ2) is 8.09. The third-order valence-electron chi connectivity index (χ3n) is 3.42. The molecule has 1 aliphatic rings. The molecule has 8 nitrogen and oxygen atoms in total. The SMILES string of the molecule is CO[C@@H]1OC(COC(C)=O)[C@H](C)[C@H](OC(C)=O)C1NC(C)=O. The molecule has 1 N–H and O–H groups in total. The van der Waals surface area contributed by atoms with Gasteiger partial charge in [-0.3, -0.25) is 14.4 Å². The summed E-state index contributed by atoms with van der Waals surface area (Å²) in [5.41, 5.74) is 0. The average molecular weight is 317 g/mol. The van der Waals surface area contributed by atoms with Crippen LogP contribution in [0.1, 0.15) is 27.7 Å². The van der Waals surface area contributed by atoms with Crippen molar-refractivity contribution in [2.75, 3.05) is 13.7 Å².